The molecule has 2 N–H and O–H groups in total. The highest BCUT2D eigenvalue weighted by Crippen LogP contribution is 2.39. The van der Waals surface area contributed by atoms with E-state index in [-0.39, 0.29) is 45.5 Å². The van der Waals surface area contributed by atoms with Gasteiger partial charge in [0, 0.05) is 36.3 Å². The molecule has 1 fully saturated rings. The zero-order valence-electron chi connectivity index (χ0n) is 20.1. The number of nitrogens with zero attached hydrogens (tertiary/aromatic N) is 4. The third-order valence-electron chi connectivity index (χ3n) is 6.64. The van der Waals surface area contributed by atoms with Crippen LogP contribution in [0.3, 0.4) is 0 Å². The molecule has 1 saturated heterocycles. The van der Waals surface area contributed by atoms with Crippen molar-refractivity contribution in [2.45, 2.75) is 19.4 Å². The van der Waals surface area contributed by atoms with E-state index >= 15 is 4.39 Å². The maximum absolute atomic E-state index is 16.2. The Kier molecular flexibility index (Phi) is 6.06. The topological polar surface area (TPSA) is 83.4 Å². The van der Waals surface area contributed by atoms with Gasteiger partial charge in [-0.3, -0.25) is 4.98 Å². The van der Waals surface area contributed by atoms with Crippen LogP contribution in [0.5, 0.6) is 11.8 Å². The summed E-state index contributed by atoms with van der Waals surface area (Å²) in [7, 11) is 3.34. The summed E-state index contributed by atoms with van der Waals surface area (Å²) in [5.74, 6) is 1.76. The van der Waals surface area contributed by atoms with Crippen LogP contribution in [0.1, 0.15) is 18.9 Å². The van der Waals surface area contributed by atoms with Crippen molar-refractivity contribution in [3.05, 3.63) is 47.7 Å². The third-order valence-corrected chi connectivity index (χ3v) is 6.64. The summed E-state index contributed by atoms with van der Waals surface area (Å²) in [4.78, 5) is 15.3. The average molecular weight is 490 g/mol. The lowest BCUT2D eigenvalue weighted by Gasteiger charge is -2.37. The number of ether oxygens (including phenoxy) is 1. The number of phenols is 1. The van der Waals surface area contributed by atoms with Crippen LogP contribution in [0.25, 0.3) is 32.9 Å². The number of likely N-dealkylation sites (N-methyl/N-ethyl adjacent to an activating group) is 1. The van der Waals surface area contributed by atoms with Gasteiger partial charge in [0.1, 0.15) is 28.6 Å². The predicted octanol–water partition coefficient (Wildman–Crippen LogP) is 4.25. The number of methoxy groups -OCH3 is 1. The number of terminal acetylenes is 1. The zero-order valence-corrected chi connectivity index (χ0v) is 20.1. The number of fused-ring (bicyclic) bond motifs is 2. The second kappa shape index (κ2) is 9.21. The number of benzene rings is 2. The SMILES string of the molecule is C#Cc1c(F)ccc2cc(O)cc(-c3ncc4c(N5CC(C)CC(NC)C5)nc(OC)nc4c3F)c12. The Bertz CT molecular complexity index is 1540. The first-order valence-corrected chi connectivity index (χ1v) is 11.6. The number of anilines is 1. The van der Waals surface area contributed by atoms with E-state index in [0.717, 1.165) is 13.0 Å². The van der Waals surface area contributed by atoms with Gasteiger partial charge in [-0.25, -0.2) is 8.78 Å². The Hall–Kier alpha value is -4.03. The largest absolute Gasteiger partial charge is 0.508 e. The summed E-state index contributed by atoms with van der Waals surface area (Å²) in [6.07, 6.45) is 8.11. The van der Waals surface area contributed by atoms with Gasteiger partial charge in [0.15, 0.2) is 5.82 Å². The normalized spacial score (nSPS) is 17.9. The van der Waals surface area contributed by atoms with E-state index in [9.17, 15) is 9.50 Å². The van der Waals surface area contributed by atoms with E-state index < -0.39 is 11.6 Å². The molecule has 0 radical (unpaired) electrons. The molecule has 7 nitrogen and oxygen atoms in total. The smallest absolute Gasteiger partial charge is 0.318 e. The van der Waals surface area contributed by atoms with E-state index in [2.05, 4.69) is 38.0 Å². The van der Waals surface area contributed by atoms with Gasteiger partial charge in [0.2, 0.25) is 0 Å². The van der Waals surface area contributed by atoms with Crippen LogP contribution in [0, 0.1) is 29.9 Å². The fourth-order valence-electron chi connectivity index (χ4n) is 5.03. The summed E-state index contributed by atoms with van der Waals surface area (Å²) < 4.78 is 36.0. The zero-order chi connectivity index (χ0) is 25.6. The number of nitrogens with one attached hydrogen (secondary N) is 1. The lowest BCUT2D eigenvalue weighted by molar-refractivity contribution is 0.360. The van der Waals surface area contributed by atoms with Crippen molar-refractivity contribution in [3.63, 3.8) is 0 Å². The maximum atomic E-state index is 16.2. The highest BCUT2D eigenvalue weighted by atomic mass is 19.1. The van der Waals surface area contributed by atoms with Crippen LogP contribution < -0.4 is 15.0 Å². The monoisotopic (exact) mass is 489 g/mol. The molecule has 0 amide bonds. The number of phenolic OH excluding ortho intramolecular Hbond substituents is 1. The van der Waals surface area contributed by atoms with Crippen molar-refractivity contribution in [3.8, 4) is 35.4 Å². The summed E-state index contributed by atoms with van der Waals surface area (Å²) in [6.45, 7) is 3.57. The van der Waals surface area contributed by atoms with Crippen molar-refractivity contribution in [1.82, 2.24) is 20.3 Å². The van der Waals surface area contributed by atoms with Gasteiger partial charge in [-0.05, 0) is 43.0 Å². The van der Waals surface area contributed by atoms with Crippen LogP contribution in [0.15, 0.2) is 30.5 Å². The minimum atomic E-state index is -0.746. The first-order valence-electron chi connectivity index (χ1n) is 11.6. The fourth-order valence-corrected chi connectivity index (χ4v) is 5.03. The number of hydrogen-bond donors (Lipinski definition) is 2. The molecule has 3 heterocycles. The quantitative estimate of drug-likeness (QED) is 0.415. The Morgan fingerprint density at radius 2 is 2.03 bits per heavy atom. The van der Waals surface area contributed by atoms with Gasteiger partial charge in [-0.1, -0.05) is 18.9 Å². The van der Waals surface area contributed by atoms with Crippen molar-refractivity contribution >= 4 is 27.5 Å². The first-order chi connectivity index (χ1) is 17.3. The van der Waals surface area contributed by atoms with Crippen molar-refractivity contribution in [2.75, 3.05) is 32.1 Å². The number of aromatic nitrogens is 3. The van der Waals surface area contributed by atoms with Crippen LogP contribution >= 0.6 is 0 Å². The minimum absolute atomic E-state index is 0.0104. The Balaban J connectivity index is 1.76. The molecule has 1 aliphatic rings. The molecule has 184 valence electrons. The van der Waals surface area contributed by atoms with Gasteiger partial charge < -0.3 is 20.1 Å². The molecule has 2 aromatic carbocycles. The lowest BCUT2D eigenvalue weighted by Crippen LogP contribution is -2.48. The molecule has 5 rings (SSSR count). The summed E-state index contributed by atoms with van der Waals surface area (Å²) >= 11 is 0. The molecule has 0 spiro atoms. The summed E-state index contributed by atoms with van der Waals surface area (Å²) in [6, 6.07) is 5.72. The second-order valence-corrected chi connectivity index (χ2v) is 9.11. The first kappa shape index (κ1) is 23.7. The molecule has 2 aromatic heterocycles. The number of hydrogen-bond acceptors (Lipinski definition) is 7. The van der Waals surface area contributed by atoms with E-state index in [1.54, 1.807) is 0 Å². The third kappa shape index (κ3) is 3.93. The maximum Gasteiger partial charge on any atom is 0.318 e. The molecule has 0 bridgehead atoms. The Morgan fingerprint density at radius 1 is 1.22 bits per heavy atom. The number of halogens is 2. The van der Waals surface area contributed by atoms with Crippen molar-refractivity contribution in [1.29, 1.82) is 0 Å². The minimum Gasteiger partial charge on any atom is -0.508 e. The molecule has 36 heavy (non-hydrogen) atoms. The molecule has 1 aliphatic heterocycles. The van der Waals surface area contributed by atoms with Crippen LogP contribution in [-0.2, 0) is 0 Å². The number of rotatable bonds is 4. The number of aromatic hydroxyl groups is 1. The summed E-state index contributed by atoms with van der Waals surface area (Å²) in [5, 5.41) is 14.8. The van der Waals surface area contributed by atoms with Gasteiger partial charge in [-0.15, -0.1) is 6.42 Å². The van der Waals surface area contributed by atoms with Crippen molar-refractivity contribution in [2.24, 2.45) is 5.92 Å². The number of pyridine rings is 1. The van der Waals surface area contributed by atoms with Gasteiger partial charge in [-0.2, -0.15) is 9.97 Å². The molecule has 2 atom stereocenters. The van der Waals surface area contributed by atoms with E-state index in [4.69, 9.17) is 11.2 Å². The van der Waals surface area contributed by atoms with E-state index in [0.29, 0.717) is 29.1 Å². The van der Waals surface area contributed by atoms with Crippen LogP contribution in [-0.4, -0.2) is 53.3 Å². The molecule has 0 aliphatic carbocycles. The van der Waals surface area contributed by atoms with Crippen LogP contribution in [0.4, 0.5) is 14.6 Å². The van der Waals surface area contributed by atoms with Gasteiger partial charge in [0.25, 0.3) is 0 Å². The lowest BCUT2D eigenvalue weighted by atomic mass is 9.95. The molecule has 2 unspecified atom stereocenters. The van der Waals surface area contributed by atoms with Crippen molar-refractivity contribution < 1.29 is 18.6 Å². The second-order valence-electron chi connectivity index (χ2n) is 9.11. The Labute approximate surface area is 207 Å². The number of piperidine rings is 1. The summed E-state index contributed by atoms with van der Waals surface area (Å²) in [5.41, 5.74) is 0.0246. The molecule has 9 heteroatoms. The molecular weight excluding hydrogens is 464 g/mol. The molecule has 0 saturated carbocycles. The van der Waals surface area contributed by atoms with E-state index in [1.165, 1.54) is 37.6 Å². The standard InChI is InChI=1S/C27H25F2N5O2/c1-5-18-21(28)7-6-15-9-17(35)10-19(22(15)18)24-23(29)25-20(11-31-24)26(33-27(32-25)36-4)34-12-14(2)8-16(13-34)30-3/h1,6-7,9-11,14,16,30,35H,8,12-13H2,2-4H3. The highest BCUT2D eigenvalue weighted by molar-refractivity contribution is 6.03. The van der Waals surface area contributed by atoms with Crippen LogP contribution in [0.2, 0.25) is 0 Å². The highest BCUT2D eigenvalue weighted by Gasteiger charge is 2.28. The van der Waals surface area contributed by atoms with E-state index in [1.807, 2.05) is 7.05 Å². The molecular formula is C27H25F2N5O2. The van der Waals surface area contributed by atoms with Gasteiger partial charge in [0.05, 0.1) is 18.1 Å². The molecule has 4 aromatic rings. The fraction of sp³-hybridized carbons (Fsp3) is 0.296. The average Bonchev–Trinajstić information content (AvgIpc) is 2.87. The predicted molar refractivity (Wildman–Crippen MR) is 135 cm³/mol. The Morgan fingerprint density at radius 3 is 2.75 bits per heavy atom. The van der Waals surface area contributed by atoms with Gasteiger partial charge >= 0.3 is 6.01 Å².